The van der Waals surface area contributed by atoms with Crippen LogP contribution in [0.15, 0.2) is 36.4 Å². The molecule has 0 saturated carbocycles. The van der Waals surface area contributed by atoms with Crippen LogP contribution >= 0.6 is 20.2 Å². The second-order valence-electron chi connectivity index (χ2n) is 4.16. The first-order valence-electron chi connectivity index (χ1n) is 5.80. The van der Waals surface area contributed by atoms with Crippen molar-refractivity contribution in [3.63, 3.8) is 0 Å². The van der Waals surface area contributed by atoms with Crippen LogP contribution in [0, 0.1) is 6.92 Å². The fourth-order valence-corrected chi connectivity index (χ4v) is 3.39. The molecule has 0 aliphatic carbocycles. The summed E-state index contributed by atoms with van der Waals surface area (Å²) < 4.78 is 5.13. The maximum atomic E-state index is 10.9. The summed E-state index contributed by atoms with van der Waals surface area (Å²) in [5.74, 6) is 0.846. The first-order valence-corrected chi connectivity index (χ1v) is 7.18. The SMILES string of the molecule is COc1ccc(Pc2cc(C)c(C=O)c(Cl)c2)cc1.[H-].[Li+]. The zero-order valence-electron chi connectivity index (χ0n) is 12.7. The molecular weight excluding hydrogens is 286 g/mol. The maximum absolute atomic E-state index is 10.9. The first kappa shape index (κ1) is 17.3. The molecule has 0 aliphatic rings. The van der Waals surface area contributed by atoms with Crippen molar-refractivity contribution < 1.29 is 29.8 Å². The molecule has 0 aliphatic heterocycles. The number of ether oxygens (including phenoxy) is 1. The Morgan fingerprint density at radius 2 is 1.85 bits per heavy atom. The number of halogens is 1. The molecule has 100 valence electrons. The molecule has 0 heterocycles. The predicted octanol–water partition coefficient (Wildman–Crippen LogP) is 0.215. The predicted molar refractivity (Wildman–Crippen MR) is 83.3 cm³/mol. The minimum Gasteiger partial charge on any atom is -1.00 e. The van der Waals surface area contributed by atoms with E-state index in [4.69, 9.17) is 16.3 Å². The standard InChI is InChI=1S/C15H14ClO2P.Li.H/c1-10-7-13(8-15(16)14(10)9-17)19-12-5-3-11(18-2)4-6-12;;/h3-9,19H,1-2H3;;/q;+1;-1. The van der Waals surface area contributed by atoms with E-state index in [2.05, 4.69) is 0 Å². The molecule has 0 aromatic heterocycles. The summed E-state index contributed by atoms with van der Waals surface area (Å²) in [7, 11) is 2.16. The molecule has 1 atom stereocenters. The van der Waals surface area contributed by atoms with Crippen molar-refractivity contribution in [2.24, 2.45) is 0 Å². The number of carbonyl (C=O) groups excluding carboxylic acids is 1. The Morgan fingerprint density at radius 1 is 1.20 bits per heavy atom. The minimum atomic E-state index is 0. The zero-order valence-corrected chi connectivity index (χ0v) is 13.5. The van der Waals surface area contributed by atoms with Gasteiger partial charge in [0.15, 0.2) is 6.29 Å². The largest absolute Gasteiger partial charge is 1.00 e. The average Bonchev–Trinajstić information content (AvgIpc) is 2.39. The number of aldehydes is 1. The summed E-state index contributed by atoms with van der Waals surface area (Å²) in [6.45, 7) is 1.90. The molecule has 1 unspecified atom stereocenters. The Balaban J connectivity index is 0.00000200. The molecule has 0 amide bonds. The quantitative estimate of drug-likeness (QED) is 0.459. The van der Waals surface area contributed by atoms with E-state index in [0.717, 1.165) is 22.9 Å². The van der Waals surface area contributed by atoms with E-state index in [9.17, 15) is 4.79 Å². The molecule has 2 nitrogen and oxygen atoms in total. The second kappa shape index (κ2) is 7.86. The van der Waals surface area contributed by atoms with Gasteiger partial charge in [-0.1, -0.05) is 38.4 Å². The van der Waals surface area contributed by atoms with Gasteiger partial charge in [0.1, 0.15) is 5.75 Å². The molecule has 0 spiro atoms. The molecule has 2 aromatic rings. The smallest absolute Gasteiger partial charge is 1.00 e. The van der Waals surface area contributed by atoms with Crippen molar-refractivity contribution in [1.82, 2.24) is 0 Å². The van der Waals surface area contributed by atoms with E-state index in [0.29, 0.717) is 19.2 Å². The second-order valence-corrected chi connectivity index (χ2v) is 5.97. The van der Waals surface area contributed by atoms with Gasteiger partial charge in [-0.2, -0.15) is 0 Å². The molecule has 20 heavy (non-hydrogen) atoms. The van der Waals surface area contributed by atoms with Crippen molar-refractivity contribution in [3.05, 3.63) is 52.5 Å². The fourth-order valence-electron chi connectivity index (χ4n) is 1.82. The Kier molecular flexibility index (Phi) is 6.79. The van der Waals surface area contributed by atoms with Crippen LogP contribution in [0.2, 0.25) is 5.02 Å². The van der Waals surface area contributed by atoms with Gasteiger partial charge in [0.2, 0.25) is 0 Å². The minimum absolute atomic E-state index is 0. The van der Waals surface area contributed by atoms with Gasteiger partial charge in [-0.3, -0.25) is 4.79 Å². The molecule has 5 heteroatoms. The summed E-state index contributed by atoms with van der Waals surface area (Å²) in [6, 6.07) is 11.8. The summed E-state index contributed by atoms with van der Waals surface area (Å²) >= 11 is 6.10. The number of hydrogen-bond donors (Lipinski definition) is 0. The van der Waals surface area contributed by atoms with Gasteiger partial charge in [-0.25, -0.2) is 0 Å². The summed E-state index contributed by atoms with van der Waals surface area (Å²) in [4.78, 5) is 10.9. The number of aryl methyl sites for hydroxylation is 1. The van der Waals surface area contributed by atoms with E-state index >= 15 is 0 Å². The fraction of sp³-hybridized carbons (Fsp3) is 0.133. The number of hydrogen-bond acceptors (Lipinski definition) is 2. The van der Waals surface area contributed by atoms with Gasteiger partial charge in [-0.05, 0) is 41.3 Å². The molecule has 0 N–H and O–H groups in total. The average molecular weight is 301 g/mol. The topological polar surface area (TPSA) is 26.3 Å². The molecule has 0 bridgehead atoms. The van der Waals surface area contributed by atoms with E-state index in [1.54, 1.807) is 7.11 Å². The van der Waals surface area contributed by atoms with Gasteiger partial charge in [0, 0.05) is 5.56 Å². The van der Waals surface area contributed by atoms with Crippen LogP contribution < -0.4 is 34.2 Å². The molecule has 2 rings (SSSR count). The van der Waals surface area contributed by atoms with Gasteiger partial charge < -0.3 is 6.16 Å². The van der Waals surface area contributed by atoms with Crippen LogP contribution in [-0.2, 0) is 0 Å². The van der Waals surface area contributed by atoms with Gasteiger partial charge in [0.05, 0.1) is 12.1 Å². The number of rotatable bonds is 4. The number of methoxy groups -OCH3 is 1. The Morgan fingerprint density at radius 3 is 2.35 bits per heavy atom. The third-order valence-corrected chi connectivity index (χ3v) is 4.34. The summed E-state index contributed by atoms with van der Waals surface area (Å²) in [5.41, 5.74) is 1.49. The Hall–Kier alpha value is -0.773. The van der Waals surface area contributed by atoms with Crippen LogP contribution in [-0.4, -0.2) is 13.4 Å². The van der Waals surface area contributed by atoms with Crippen LogP contribution in [0.1, 0.15) is 17.3 Å². The Bertz CT molecular complexity index is 582. The van der Waals surface area contributed by atoms with Crippen molar-refractivity contribution >= 4 is 37.1 Å². The van der Waals surface area contributed by atoms with Crippen molar-refractivity contribution in [3.8, 4) is 5.75 Å². The van der Waals surface area contributed by atoms with Crippen LogP contribution in [0.4, 0.5) is 0 Å². The Labute approximate surface area is 139 Å². The summed E-state index contributed by atoms with van der Waals surface area (Å²) in [5, 5.41) is 2.85. The van der Waals surface area contributed by atoms with Crippen LogP contribution in [0.25, 0.3) is 0 Å². The van der Waals surface area contributed by atoms with Crippen molar-refractivity contribution in [2.45, 2.75) is 6.92 Å². The van der Waals surface area contributed by atoms with Gasteiger partial charge >= 0.3 is 18.9 Å². The third kappa shape index (κ3) is 4.11. The molecule has 0 fully saturated rings. The number of benzene rings is 2. The number of carbonyl (C=O) groups is 1. The maximum Gasteiger partial charge on any atom is 1.00 e. The van der Waals surface area contributed by atoms with E-state index in [1.165, 1.54) is 5.30 Å². The zero-order chi connectivity index (χ0) is 13.8. The van der Waals surface area contributed by atoms with Crippen LogP contribution in [0.3, 0.4) is 0 Å². The first-order chi connectivity index (χ1) is 9.13. The molecule has 2 aromatic carbocycles. The molecule has 0 radical (unpaired) electrons. The molecule has 0 saturated heterocycles. The summed E-state index contributed by atoms with van der Waals surface area (Å²) in [6.07, 6.45) is 0.804. The van der Waals surface area contributed by atoms with Crippen molar-refractivity contribution in [1.29, 1.82) is 0 Å². The van der Waals surface area contributed by atoms with Gasteiger partial charge in [0.25, 0.3) is 0 Å². The van der Waals surface area contributed by atoms with Gasteiger partial charge in [-0.15, -0.1) is 0 Å². The third-order valence-electron chi connectivity index (χ3n) is 2.83. The normalized spacial score (nSPS) is 10.3. The van der Waals surface area contributed by atoms with E-state index in [1.807, 2.05) is 43.3 Å². The van der Waals surface area contributed by atoms with E-state index < -0.39 is 0 Å². The van der Waals surface area contributed by atoms with E-state index in [-0.39, 0.29) is 20.3 Å². The van der Waals surface area contributed by atoms with Crippen molar-refractivity contribution in [2.75, 3.05) is 7.11 Å². The van der Waals surface area contributed by atoms with Crippen LogP contribution in [0.5, 0.6) is 5.75 Å². The monoisotopic (exact) mass is 300 g/mol. The molecular formula is C15H15ClLiO2P.